The van der Waals surface area contributed by atoms with E-state index in [4.69, 9.17) is 0 Å². The molecule has 2 N–H and O–H groups in total. The molecule has 0 aromatic heterocycles. The third-order valence-corrected chi connectivity index (χ3v) is 5.68. The Morgan fingerprint density at radius 1 is 0.531 bits per heavy atom. The molecule has 4 aromatic rings. The first-order chi connectivity index (χ1) is 15.7. The predicted octanol–water partition coefficient (Wildman–Crippen LogP) is 5.32. The molecule has 0 bridgehead atoms. The Balaban J connectivity index is 1.93. The van der Waals surface area contributed by atoms with Gasteiger partial charge in [0.2, 0.25) is 0 Å². The first-order valence-electron chi connectivity index (χ1n) is 10.9. The molecule has 3 nitrogen and oxygen atoms in total. The summed E-state index contributed by atoms with van der Waals surface area (Å²) in [5, 5.41) is 19.2. The van der Waals surface area contributed by atoms with Crippen molar-refractivity contribution in [3.63, 3.8) is 0 Å². The van der Waals surface area contributed by atoms with Crippen LogP contribution < -0.4 is 0 Å². The van der Waals surface area contributed by atoms with Crippen LogP contribution in [0.2, 0.25) is 0 Å². The topological polar surface area (TPSA) is 57.5 Å². The predicted molar refractivity (Wildman–Crippen MR) is 129 cm³/mol. The van der Waals surface area contributed by atoms with E-state index in [0.29, 0.717) is 24.0 Å². The first kappa shape index (κ1) is 21.7. The molecule has 3 heteroatoms. The average molecular weight is 423 g/mol. The highest BCUT2D eigenvalue weighted by atomic mass is 16.3. The number of carbonyl (C=O) groups is 1. The van der Waals surface area contributed by atoms with Gasteiger partial charge in [-0.1, -0.05) is 97.1 Å². The van der Waals surface area contributed by atoms with Gasteiger partial charge in [-0.2, -0.15) is 0 Å². The molecule has 0 saturated heterocycles. The van der Waals surface area contributed by atoms with Crippen molar-refractivity contribution in [2.75, 3.05) is 13.2 Å². The molecule has 4 rings (SSSR count). The first-order valence-corrected chi connectivity index (χ1v) is 10.9. The number of carbonyl (C=O) groups excluding carboxylic acids is 1. The molecule has 0 heterocycles. The van der Waals surface area contributed by atoms with E-state index >= 15 is 0 Å². The van der Waals surface area contributed by atoms with Gasteiger partial charge in [-0.15, -0.1) is 0 Å². The van der Waals surface area contributed by atoms with E-state index in [1.807, 2.05) is 97.1 Å². The van der Waals surface area contributed by atoms with Crippen molar-refractivity contribution in [1.82, 2.24) is 0 Å². The highest BCUT2D eigenvalue weighted by molar-refractivity contribution is 6.16. The maximum Gasteiger partial charge on any atom is 0.194 e. The van der Waals surface area contributed by atoms with Crippen LogP contribution in [0.1, 0.15) is 27.0 Å². The molecule has 0 unspecified atom stereocenters. The number of hydrogen-bond donors (Lipinski definition) is 2. The van der Waals surface area contributed by atoms with Crippen LogP contribution in [0.25, 0.3) is 22.3 Å². The lowest BCUT2D eigenvalue weighted by atomic mass is 9.85. The largest absolute Gasteiger partial charge is 0.396 e. The zero-order valence-electron chi connectivity index (χ0n) is 17.9. The van der Waals surface area contributed by atoms with Gasteiger partial charge in [0.15, 0.2) is 5.78 Å². The third-order valence-electron chi connectivity index (χ3n) is 5.68. The summed E-state index contributed by atoms with van der Waals surface area (Å²) in [5.41, 5.74) is 6.73. The van der Waals surface area contributed by atoms with Gasteiger partial charge in [0, 0.05) is 24.3 Å². The zero-order chi connectivity index (χ0) is 22.3. The quantitative estimate of drug-likeness (QED) is 0.378. The molecular formula is C29H26O3. The number of benzene rings is 4. The van der Waals surface area contributed by atoms with Crippen molar-refractivity contribution in [1.29, 1.82) is 0 Å². The monoisotopic (exact) mass is 422 g/mol. The summed E-state index contributed by atoms with van der Waals surface area (Å²) in [7, 11) is 0. The molecule has 0 spiro atoms. The Morgan fingerprint density at radius 3 is 1.31 bits per heavy atom. The minimum Gasteiger partial charge on any atom is -0.396 e. The van der Waals surface area contributed by atoms with Gasteiger partial charge in [0.05, 0.1) is 0 Å². The van der Waals surface area contributed by atoms with Crippen LogP contribution in [0.3, 0.4) is 0 Å². The van der Waals surface area contributed by atoms with E-state index in [0.717, 1.165) is 33.4 Å². The third kappa shape index (κ3) is 4.40. The van der Waals surface area contributed by atoms with Gasteiger partial charge >= 0.3 is 0 Å². The molecule has 4 aromatic carbocycles. The SMILES string of the molecule is O=C(c1cccc(CCO)c1-c1ccccc1)c1cccc(CCO)c1-c1ccccc1. The van der Waals surface area contributed by atoms with Gasteiger partial charge < -0.3 is 10.2 Å². The number of ketones is 1. The van der Waals surface area contributed by atoms with Crippen molar-refractivity contribution in [3.8, 4) is 22.3 Å². The second-order valence-electron chi connectivity index (χ2n) is 7.69. The van der Waals surface area contributed by atoms with Crippen molar-refractivity contribution in [2.24, 2.45) is 0 Å². The maximum atomic E-state index is 14.0. The summed E-state index contributed by atoms with van der Waals surface area (Å²) in [6, 6.07) is 31.1. The summed E-state index contributed by atoms with van der Waals surface area (Å²) in [6.45, 7) is 0.0253. The summed E-state index contributed by atoms with van der Waals surface area (Å²) in [5.74, 6) is -0.0673. The van der Waals surface area contributed by atoms with E-state index in [2.05, 4.69) is 0 Å². The lowest BCUT2D eigenvalue weighted by Crippen LogP contribution is -2.10. The fraction of sp³-hybridized carbons (Fsp3) is 0.138. The van der Waals surface area contributed by atoms with Crippen molar-refractivity contribution >= 4 is 5.78 Å². The van der Waals surface area contributed by atoms with Crippen LogP contribution >= 0.6 is 0 Å². The highest BCUT2D eigenvalue weighted by Gasteiger charge is 2.22. The average Bonchev–Trinajstić information content (AvgIpc) is 2.85. The van der Waals surface area contributed by atoms with Crippen molar-refractivity contribution in [2.45, 2.75) is 12.8 Å². The molecule has 0 aliphatic heterocycles. The van der Waals surface area contributed by atoms with Gasteiger partial charge in [0.25, 0.3) is 0 Å². The molecular weight excluding hydrogens is 396 g/mol. The minimum atomic E-state index is -0.0673. The van der Waals surface area contributed by atoms with Gasteiger partial charge in [0.1, 0.15) is 0 Å². The van der Waals surface area contributed by atoms with Crippen molar-refractivity contribution in [3.05, 3.63) is 119 Å². The van der Waals surface area contributed by atoms with Gasteiger partial charge in [-0.25, -0.2) is 0 Å². The maximum absolute atomic E-state index is 14.0. The minimum absolute atomic E-state index is 0.0126. The number of rotatable bonds is 8. The lowest BCUT2D eigenvalue weighted by molar-refractivity contribution is 0.103. The Bertz CT molecular complexity index is 1100. The van der Waals surface area contributed by atoms with Crippen molar-refractivity contribution < 1.29 is 15.0 Å². The van der Waals surface area contributed by atoms with Crippen LogP contribution in [-0.4, -0.2) is 29.2 Å². The summed E-state index contributed by atoms with van der Waals surface area (Å²) < 4.78 is 0. The smallest absolute Gasteiger partial charge is 0.194 e. The van der Waals surface area contributed by atoms with E-state index in [1.54, 1.807) is 0 Å². The standard InChI is InChI=1S/C29H26O3/c30-19-17-23-13-7-15-25(27(23)21-9-3-1-4-10-21)29(32)26-16-8-14-24(18-20-31)28(26)22-11-5-2-6-12-22/h1-16,30-31H,17-20H2. The zero-order valence-corrected chi connectivity index (χ0v) is 17.9. The molecule has 160 valence electrons. The molecule has 0 aliphatic carbocycles. The van der Waals surface area contributed by atoms with Crippen LogP contribution in [0, 0.1) is 0 Å². The fourth-order valence-corrected chi connectivity index (χ4v) is 4.27. The Kier molecular flexibility index (Phi) is 6.90. The number of hydrogen-bond acceptors (Lipinski definition) is 3. The Labute approximate surface area is 188 Å². The molecule has 0 radical (unpaired) electrons. The Morgan fingerprint density at radius 2 is 0.938 bits per heavy atom. The van der Waals surface area contributed by atoms with Crippen LogP contribution in [0.4, 0.5) is 0 Å². The summed E-state index contributed by atoms with van der Waals surface area (Å²) in [4.78, 5) is 14.0. The lowest BCUT2D eigenvalue weighted by Gasteiger charge is -2.18. The number of aliphatic hydroxyl groups is 2. The van der Waals surface area contributed by atoms with E-state index in [9.17, 15) is 15.0 Å². The second-order valence-corrected chi connectivity index (χ2v) is 7.69. The molecule has 0 saturated carbocycles. The molecule has 0 amide bonds. The van der Waals surface area contributed by atoms with E-state index < -0.39 is 0 Å². The fourth-order valence-electron chi connectivity index (χ4n) is 4.27. The summed E-state index contributed by atoms with van der Waals surface area (Å²) >= 11 is 0. The van der Waals surface area contributed by atoms with Gasteiger partial charge in [-0.05, 0) is 46.2 Å². The second kappa shape index (κ2) is 10.2. The van der Waals surface area contributed by atoms with E-state index in [-0.39, 0.29) is 19.0 Å². The molecule has 0 atom stereocenters. The normalized spacial score (nSPS) is 10.8. The van der Waals surface area contributed by atoms with Crippen LogP contribution in [-0.2, 0) is 12.8 Å². The molecule has 0 aliphatic rings. The highest BCUT2D eigenvalue weighted by Crippen LogP contribution is 2.34. The number of aliphatic hydroxyl groups excluding tert-OH is 2. The van der Waals surface area contributed by atoms with E-state index in [1.165, 1.54) is 0 Å². The Hall–Kier alpha value is -3.53. The van der Waals surface area contributed by atoms with Crippen LogP contribution in [0.5, 0.6) is 0 Å². The van der Waals surface area contributed by atoms with Crippen LogP contribution in [0.15, 0.2) is 97.1 Å². The molecule has 0 fully saturated rings. The van der Waals surface area contributed by atoms with Gasteiger partial charge in [-0.3, -0.25) is 4.79 Å². The summed E-state index contributed by atoms with van der Waals surface area (Å²) in [6.07, 6.45) is 0.947. The molecule has 32 heavy (non-hydrogen) atoms.